The van der Waals surface area contributed by atoms with E-state index in [2.05, 4.69) is 24.5 Å². The summed E-state index contributed by atoms with van der Waals surface area (Å²) >= 11 is 0. The van der Waals surface area contributed by atoms with E-state index in [4.69, 9.17) is 4.74 Å². The van der Waals surface area contributed by atoms with Gasteiger partial charge >= 0.3 is 6.09 Å². The van der Waals surface area contributed by atoms with Crippen LogP contribution in [0.25, 0.3) is 0 Å². The first-order chi connectivity index (χ1) is 9.53. The number of aliphatic hydroxyl groups is 1. The van der Waals surface area contributed by atoms with Crippen LogP contribution < -0.4 is 10.6 Å². The number of alkyl carbamates (subject to hydrolysis) is 1. The van der Waals surface area contributed by atoms with Gasteiger partial charge in [0, 0.05) is 13.1 Å². The standard InChI is InChI=1S/C16H34N2O3/c1-11(2)13(8-17-10-14(19)12(3)4)9-18-15(20)21-16(5,6)7/h11-14,17,19H,8-10H2,1-7H3,(H,18,20). The Morgan fingerprint density at radius 3 is 2.05 bits per heavy atom. The molecule has 2 atom stereocenters. The van der Waals surface area contributed by atoms with E-state index < -0.39 is 5.60 Å². The van der Waals surface area contributed by atoms with Gasteiger partial charge in [0.1, 0.15) is 5.60 Å². The third-order valence-corrected chi connectivity index (χ3v) is 3.38. The highest BCUT2D eigenvalue weighted by molar-refractivity contribution is 5.67. The van der Waals surface area contributed by atoms with Crippen molar-refractivity contribution in [2.75, 3.05) is 19.6 Å². The maximum atomic E-state index is 11.7. The average Bonchev–Trinajstić information content (AvgIpc) is 2.30. The maximum absolute atomic E-state index is 11.7. The van der Waals surface area contributed by atoms with Gasteiger partial charge in [-0.1, -0.05) is 27.7 Å². The molecule has 0 aromatic rings. The summed E-state index contributed by atoms with van der Waals surface area (Å²) in [5.41, 5.74) is -0.475. The van der Waals surface area contributed by atoms with E-state index in [0.29, 0.717) is 24.9 Å². The number of amides is 1. The number of hydrogen-bond donors (Lipinski definition) is 3. The van der Waals surface area contributed by atoms with Crippen molar-refractivity contribution >= 4 is 6.09 Å². The molecule has 0 aliphatic rings. The molecule has 5 nitrogen and oxygen atoms in total. The van der Waals surface area contributed by atoms with Crippen molar-refractivity contribution in [2.24, 2.45) is 17.8 Å². The summed E-state index contributed by atoms with van der Waals surface area (Å²) in [6.07, 6.45) is -0.716. The zero-order chi connectivity index (χ0) is 16.6. The van der Waals surface area contributed by atoms with Gasteiger partial charge in [0.25, 0.3) is 0 Å². The zero-order valence-corrected chi connectivity index (χ0v) is 14.7. The lowest BCUT2D eigenvalue weighted by Crippen LogP contribution is -2.41. The van der Waals surface area contributed by atoms with Gasteiger partial charge in [0.2, 0.25) is 0 Å². The second-order valence-electron chi connectivity index (χ2n) is 7.36. The highest BCUT2D eigenvalue weighted by Crippen LogP contribution is 2.10. The van der Waals surface area contributed by atoms with E-state index in [1.54, 1.807) is 0 Å². The molecule has 0 radical (unpaired) electrons. The molecule has 0 spiro atoms. The average molecular weight is 302 g/mol. The molecular weight excluding hydrogens is 268 g/mol. The molecule has 0 saturated carbocycles. The van der Waals surface area contributed by atoms with Crippen molar-refractivity contribution in [1.82, 2.24) is 10.6 Å². The Bertz CT molecular complexity index is 298. The fourth-order valence-corrected chi connectivity index (χ4v) is 1.72. The molecule has 1 amide bonds. The molecule has 0 aromatic heterocycles. The van der Waals surface area contributed by atoms with E-state index in [9.17, 15) is 9.90 Å². The number of carbonyl (C=O) groups is 1. The molecule has 0 bridgehead atoms. The number of carbonyl (C=O) groups excluding carboxylic acids is 1. The zero-order valence-electron chi connectivity index (χ0n) is 14.7. The molecule has 126 valence electrons. The molecule has 2 unspecified atom stereocenters. The summed E-state index contributed by atoms with van der Waals surface area (Å²) in [6.45, 7) is 15.7. The number of hydrogen-bond acceptors (Lipinski definition) is 4. The molecule has 3 N–H and O–H groups in total. The molecular formula is C16H34N2O3. The summed E-state index contributed by atoms with van der Waals surface area (Å²) in [5, 5.41) is 15.9. The summed E-state index contributed by atoms with van der Waals surface area (Å²) in [4.78, 5) is 11.7. The van der Waals surface area contributed by atoms with E-state index in [-0.39, 0.29) is 18.1 Å². The van der Waals surface area contributed by atoms with E-state index in [0.717, 1.165) is 6.54 Å². The van der Waals surface area contributed by atoms with E-state index >= 15 is 0 Å². The maximum Gasteiger partial charge on any atom is 0.407 e. The largest absolute Gasteiger partial charge is 0.444 e. The number of ether oxygens (including phenoxy) is 1. The van der Waals surface area contributed by atoms with Gasteiger partial charge in [-0.15, -0.1) is 0 Å². The van der Waals surface area contributed by atoms with E-state index in [1.807, 2.05) is 34.6 Å². The van der Waals surface area contributed by atoms with E-state index in [1.165, 1.54) is 0 Å². The molecule has 0 rings (SSSR count). The van der Waals surface area contributed by atoms with Gasteiger partial charge < -0.3 is 20.5 Å². The monoisotopic (exact) mass is 302 g/mol. The Kier molecular flexibility index (Phi) is 8.90. The van der Waals surface area contributed by atoms with Crippen LogP contribution >= 0.6 is 0 Å². The lowest BCUT2D eigenvalue weighted by Gasteiger charge is -2.25. The first-order valence-electron chi connectivity index (χ1n) is 7.88. The summed E-state index contributed by atoms with van der Waals surface area (Å²) in [6, 6.07) is 0. The minimum Gasteiger partial charge on any atom is -0.444 e. The minimum atomic E-state index is -0.475. The van der Waals surface area contributed by atoms with Gasteiger partial charge in [-0.3, -0.25) is 0 Å². The van der Waals surface area contributed by atoms with Crippen LogP contribution in [0.15, 0.2) is 0 Å². The molecule has 21 heavy (non-hydrogen) atoms. The quantitative estimate of drug-likeness (QED) is 0.644. The lowest BCUT2D eigenvalue weighted by atomic mass is 9.95. The number of nitrogens with one attached hydrogen (secondary N) is 2. The second kappa shape index (κ2) is 9.26. The van der Waals surface area contributed by atoms with Crippen LogP contribution in [0, 0.1) is 17.8 Å². The summed E-state index contributed by atoms with van der Waals surface area (Å²) in [5.74, 6) is 0.982. The summed E-state index contributed by atoms with van der Waals surface area (Å²) < 4.78 is 5.23. The first kappa shape index (κ1) is 20.2. The molecule has 0 aromatic carbocycles. The smallest absolute Gasteiger partial charge is 0.407 e. The second-order valence-corrected chi connectivity index (χ2v) is 7.36. The van der Waals surface area contributed by atoms with Crippen LogP contribution in [-0.4, -0.2) is 42.5 Å². The van der Waals surface area contributed by atoms with Gasteiger partial charge in [0.15, 0.2) is 0 Å². The highest BCUT2D eigenvalue weighted by Gasteiger charge is 2.19. The summed E-state index contributed by atoms with van der Waals surface area (Å²) in [7, 11) is 0. The first-order valence-corrected chi connectivity index (χ1v) is 7.88. The molecule has 0 heterocycles. The van der Waals surface area contributed by atoms with Gasteiger partial charge in [0.05, 0.1) is 6.10 Å². The molecule has 0 saturated heterocycles. The number of rotatable bonds is 8. The fraction of sp³-hybridized carbons (Fsp3) is 0.938. The van der Waals surface area contributed by atoms with Crippen molar-refractivity contribution < 1.29 is 14.6 Å². The van der Waals surface area contributed by atoms with Gasteiger partial charge in [-0.25, -0.2) is 4.79 Å². The van der Waals surface area contributed by atoms with Crippen molar-refractivity contribution in [3.05, 3.63) is 0 Å². The van der Waals surface area contributed by atoms with Crippen LogP contribution in [0.4, 0.5) is 4.79 Å². The molecule has 0 fully saturated rings. The SMILES string of the molecule is CC(C)C(O)CNCC(CNC(=O)OC(C)(C)C)C(C)C. The van der Waals surface area contributed by atoms with Crippen LogP contribution in [-0.2, 0) is 4.74 Å². The lowest BCUT2D eigenvalue weighted by molar-refractivity contribution is 0.0513. The van der Waals surface area contributed by atoms with Crippen molar-refractivity contribution in [2.45, 2.75) is 60.2 Å². The van der Waals surface area contributed by atoms with Crippen molar-refractivity contribution in [1.29, 1.82) is 0 Å². The fourth-order valence-electron chi connectivity index (χ4n) is 1.72. The predicted molar refractivity (Wildman–Crippen MR) is 86.3 cm³/mol. The molecule has 5 heteroatoms. The van der Waals surface area contributed by atoms with Crippen molar-refractivity contribution in [3.63, 3.8) is 0 Å². The Labute approximate surface area is 129 Å². The third kappa shape index (κ3) is 10.5. The molecule has 0 aliphatic heterocycles. The van der Waals surface area contributed by atoms with Gasteiger partial charge in [-0.2, -0.15) is 0 Å². The van der Waals surface area contributed by atoms with Crippen LogP contribution in [0.5, 0.6) is 0 Å². The Morgan fingerprint density at radius 2 is 1.62 bits per heavy atom. The topological polar surface area (TPSA) is 70.6 Å². The highest BCUT2D eigenvalue weighted by atomic mass is 16.6. The number of aliphatic hydroxyl groups excluding tert-OH is 1. The minimum absolute atomic E-state index is 0.245. The van der Waals surface area contributed by atoms with Crippen LogP contribution in [0.3, 0.4) is 0 Å². The van der Waals surface area contributed by atoms with Crippen molar-refractivity contribution in [3.8, 4) is 0 Å². The Hall–Kier alpha value is -0.810. The Balaban J connectivity index is 4.11. The Morgan fingerprint density at radius 1 is 1.05 bits per heavy atom. The third-order valence-electron chi connectivity index (χ3n) is 3.38. The van der Waals surface area contributed by atoms with Crippen LogP contribution in [0.2, 0.25) is 0 Å². The van der Waals surface area contributed by atoms with Crippen LogP contribution in [0.1, 0.15) is 48.5 Å². The normalized spacial score (nSPS) is 15.1. The molecule has 0 aliphatic carbocycles. The van der Waals surface area contributed by atoms with Gasteiger partial charge in [-0.05, 0) is 45.1 Å². The predicted octanol–water partition coefficient (Wildman–Crippen LogP) is 2.39.